The van der Waals surface area contributed by atoms with Crippen LogP contribution in [0.15, 0.2) is 17.2 Å². The lowest BCUT2D eigenvalue weighted by Crippen LogP contribution is -2.50. The zero-order chi connectivity index (χ0) is 15.8. The monoisotopic (exact) mass is 315 g/mol. The number of aromatic nitrogens is 1. The first-order chi connectivity index (χ1) is 9.76. The van der Waals surface area contributed by atoms with Crippen LogP contribution in [-0.4, -0.2) is 56.1 Å². The third-order valence-corrected chi connectivity index (χ3v) is 5.03. The molecule has 0 spiro atoms. The number of carbonyl (C=O) groups is 1. The molecule has 7 nitrogen and oxygen atoms in total. The van der Waals surface area contributed by atoms with Gasteiger partial charge in [0, 0.05) is 19.8 Å². The summed E-state index contributed by atoms with van der Waals surface area (Å²) in [5.74, 6) is -0.183. The van der Waals surface area contributed by atoms with Gasteiger partial charge in [-0.25, -0.2) is 13.1 Å². The van der Waals surface area contributed by atoms with Crippen LogP contribution in [-0.2, 0) is 21.8 Å². The normalized spacial score (nSPS) is 23.3. The van der Waals surface area contributed by atoms with Crippen molar-refractivity contribution in [1.29, 1.82) is 0 Å². The highest BCUT2D eigenvalue weighted by Gasteiger charge is 2.30. The van der Waals surface area contributed by atoms with E-state index in [9.17, 15) is 13.2 Å². The number of hydrogen-bond acceptors (Lipinski definition) is 4. The summed E-state index contributed by atoms with van der Waals surface area (Å²) < 4.78 is 32.9. The highest BCUT2D eigenvalue weighted by Crippen LogP contribution is 2.19. The summed E-state index contributed by atoms with van der Waals surface area (Å²) in [6.07, 6.45) is 1.42. The van der Waals surface area contributed by atoms with Crippen LogP contribution in [0.5, 0.6) is 0 Å². The van der Waals surface area contributed by atoms with Crippen molar-refractivity contribution < 1.29 is 17.9 Å². The summed E-state index contributed by atoms with van der Waals surface area (Å²) >= 11 is 0. The van der Waals surface area contributed by atoms with Crippen molar-refractivity contribution in [3.05, 3.63) is 18.0 Å². The Morgan fingerprint density at radius 3 is 2.71 bits per heavy atom. The second kappa shape index (κ2) is 5.78. The van der Waals surface area contributed by atoms with E-state index in [0.29, 0.717) is 18.8 Å². The van der Waals surface area contributed by atoms with E-state index >= 15 is 0 Å². The molecule has 0 saturated carbocycles. The van der Waals surface area contributed by atoms with E-state index < -0.39 is 10.0 Å². The van der Waals surface area contributed by atoms with Crippen LogP contribution in [0.4, 0.5) is 0 Å². The Morgan fingerprint density at radius 1 is 1.43 bits per heavy atom. The Bertz CT molecular complexity index is 638. The molecule has 1 aromatic rings. The molecule has 0 bridgehead atoms. The van der Waals surface area contributed by atoms with Crippen molar-refractivity contribution in [2.24, 2.45) is 7.05 Å². The molecule has 0 unspecified atom stereocenters. The summed E-state index contributed by atoms with van der Waals surface area (Å²) in [6.45, 7) is 4.81. The van der Waals surface area contributed by atoms with Gasteiger partial charge in [-0.3, -0.25) is 4.79 Å². The lowest BCUT2D eigenvalue weighted by Gasteiger charge is -2.36. The van der Waals surface area contributed by atoms with Gasteiger partial charge in [0.25, 0.3) is 5.91 Å². The minimum absolute atomic E-state index is 0.0223. The minimum atomic E-state index is -3.55. The van der Waals surface area contributed by atoms with Crippen molar-refractivity contribution in [2.75, 3.05) is 20.2 Å². The van der Waals surface area contributed by atoms with E-state index in [1.165, 1.54) is 19.3 Å². The first-order valence-electron chi connectivity index (χ1n) is 6.78. The molecule has 0 aromatic carbocycles. The first kappa shape index (κ1) is 16.0. The van der Waals surface area contributed by atoms with E-state index in [-0.39, 0.29) is 22.9 Å². The van der Waals surface area contributed by atoms with Crippen LogP contribution in [0, 0.1) is 0 Å². The van der Waals surface area contributed by atoms with Gasteiger partial charge in [-0.1, -0.05) is 0 Å². The largest absolute Gasteiger partial charge is 0.375 e. The third kappa shape index (κ3) is 3.12. The van der Waals surface area contributed by atoms with E-state index in [0.717, 1.165) is 0 Å². The van der Waals surface area contributed by atoms with Crippen molar-refractivity contribution >= 4 is 15.9 Å². The maximum Gasteiger partial charge on any atom is 0.270 e. The van der Waals surface area contributed by atoms with Gasteiger partial charge >= 0.3 is 0 Å². The molecule has 1 saturated heterocycles. The summed E-state index contributed by atoms with van der Waals surface area (Å²) in [5, 5.41) is 0. The fraction of sp³-hybridized carbons (Fsp3) is 0.615. The standard InChI is InChI=1S/C13H21N3O4S/c1-9-8-20-10(2)6-16(9)13(17)12-5-11(7-15(12)4)21(18,19)14-3/h5,7,9-10,14H,6,8H2,1-4H3/t9-,10+/m0/s1. The van der Waals surface area contributed by atoms with Gasteiger partial charge in [-0.2, -0.15) is 0 Å². The number of nitrogens with one attached hydrogen (secondary N) is 1. The minimum Gasteiger partial charge on any atom is -0.375 e. The van der Waals surface area contributed by atoms with Crippen LogP contribution in [0.3, 0.4) is 0 Å². The van der Waals surface area contributed by atoms with Crippen LogP contribution in [0.1, 0.15) is 24.3 Å². The SMILES string of the molecule is CNS(=O)(=O)c1cc(C(=O)N2C[C@@H](C)OC[C@@H]2C)n(C)c1. The highest BCUT2D eigenvalue weighted by molar-refractivity contribution is 7.89. The van der Waals surface area contributed by atoms with Crippen LogP contribution < -0.4 is 4.72 Å². The second-order valence-electron chi connectivity index (χ2n) is 5.33. The number of nitrogens with zero attached hydrogens (tertiary/aromatic N) is 2. The Morgan fingerprint density at radius 2 is 2.10 bits per heavy atom. The molecule has 1 N–H and O–H groups in total. The summed E-state index contributed by atoms with van der Waals surface area (Å²) in [7, 11) is -0.549. The van der Waals surface area contributed by atoms with Crippen molar-refractivity contribution in [3.63, 3.8) is 0 Å². The Balaban J connectivity index is 2.31. The Labute approximate surface area is 124 Å². The molecule has 2 atom stereocenters. The number of amides is 1. The van der Waals surface area contributed by atoms with Crippen molar-refractivity contribution in [2.45, 2.75) is 30.9 Å². The van der Waals surface area contributed by atoms with Gasteiger partial charge in [0.05, 0.1) is 18.8 Å². The van der Waals surface area contributed by atoms with Gasteiger partial charge in [0.2, 0.25) is 10.0 Å². The maximum atomic E-state index is 12.6. The number of sulfonamides is 1. The van der Waals surface area contributed by atoms with Crippen molar-refractivity contribution in [1.82, 2.24) is 14.2 Å². The summed E-state index contributed by atoms with van der Waals surface area (Å²) in [5.41, 5.74) is 0.352. The predicted octanol–water partition coefficient (Wildman–Crippen LogP) is 0.183. The second-order valence-corrected chi connectivity index (χ2v) is 7.22. The molecule has 1 aliphatic heterocycles. The van der Waals surface area contributed by atoms with Crippen LogP contribution in [0.25, 0.3) is 0 Å². The Hall–Kier alpha value is -1.38. The lowest BCUT2D eigenvalue weighted by molar-refractivity contribution is -0.0390. The van der Waals surface area contributed by atoms with Gasteiger partial charge in [0.1, 0.15) is 10.6 Å². The molecule has 1 aliphatic rings. The van der Waals surface area contributed by atoms with Gasteiger partial charge in [0.15, 0.2) is 0 Å². The lowest BCUT2D eigenvalue weighted by atomic mass is 10.2. The van der Waals surface area contributed by atoms with Gasteiger partial charge in [-0.05, 0) is 27.0 Å². The van der Waals surface area contributed by atoms with E-state index in [2.05, 4.69) is 4.72 Å². The maximum absolute atomic E-state index is 12.6. The number of aryl methyl sites for hydroxylation is 1. The third-order valence-electron chi connectivity index (χ3n) is 3.65. The number of carbonyl (C=O) groups excluding carboxylic acids is 1. The molecule has 1 aromatic heterocycles. The topological polar surface area (TPSA) is 80.6 Å². The predicted molar refractivity (Wildman–Crippen MR) is 77.6 cm³/mol. The molecule has 0 aliphatic carbocycles. The molecule has 21 heavy (non-hydrogen) atoms. The number of ether oxygens (including phenoxy) is 1. The molecule has 2 rings (SSSR count). The summed E-state index contributed by atoms with van der Waals surface area (Å²) in [4.78, 5) is 14.4. The fourth-order valence-corrected chi connectivity index (χ4v) is 3.14. The van der Waals surface area contributed by atoms with E-state index in [1.807, 2.05) is 13.8 Å². The molecule has 8 heteroatoms. The van der Waals surface area contributed by atoms with Gasteiger partial charge in [-0.15, -0.1) is 0 Å². The quantitative estimate of drug-likeness (QED) is 0.863. The zero-order valence-electron chi connectivity index (χ0n) is 12.7. The molecule has 1 fully saturated rings. The average molecular weight is 315 g/mol. The van der Waals surface area contributed by atoms with Gasteiger partial charge < -0.3 is 14.2 Å². The smallest absolute Gasteiger partial charge is 0.270 e. The number of morpholine rings is 1. The molecule has 0 radical (unpaired) electrons. The Kier molecular flexibility index (Phi) is 4.40. The van der Waals surface area contributed by atoms with E-state index in [1.54, 1.807) is 16.5 Å². The van der Waals surface area contributed by atoms with E-state index in [4.69, 9.17) is 4.74 Å². The molecular formula is C13H21N3O4S. The fourth-order valence-electron chi connectivity index (χ4n) is 2.35. The number of hydrogen-bond donors (Lipinski definition) is 1. The molecule has 2 heterocycles. The zero-order valence-corrected chi connectivity index (χ0v) is 13.5. The molecule has 118 valence electrons. The number of rotatable bonds is 3. The average Bonchev–Trinajstić information content (AvgIpc) is 2.83. The summed E-state index contributed by atoms with van der Waals surface area (Å²) in [6, 6.07) is 1.37. The van der Waals surface area contributed by atoms with Crippen LogP contribution >= 0.6 is 0 Å². The molecular weight excluding hydrogens is 294 g/mol. The van der Waals surface area contributed by atoms with Crippen molar-refractivity contribution in [3.8, 4) is 0 Å². The molecule has 1 amide bonds. The highest BCUT2D eigenvalue weighted by atomic mass is 32.2. The first-order valence-corrected chi connectivity index (χ1v) is 8.27. The van der Waals surface area contributed by atoms with Crippen LogP contribution in [0.2, 0.25) is 0 Å².